The zero-order valence-corrected chi connectivity index (χ0v) is 11.6. The van der Waals surface area contributed by atoms with Crippen molar-refractivity contribution >= 4 is 17.3 Å². The van der Waals surface area contributed by atoms with E-state index in [0.717, 1.165) is 0 Å². The average molecular weight is 305 g/mol. The van der Waals surface area contributed by atoms with E-state index in [1.54, 1.807) is 19.2 Å². The number of ether oxygens (including phenoxy) is 1. The zero-order valence-electron chi connectivity index (χ0n) is 11.6. The van der Waals surface area contributed by atoms with E-state index in [9.17, 15) is 18.0 Å². The first-order chi connectivity index (χ1) is 9.92. The van der Waals surface area contributed by atoms with Gasteiger partial charge in [-0.3, -0.25) is 4.79 Å². The van der Waals surface area contributed by atoms with Gasteiger partial charge in [-0.05, 0) is 12.1 Å². The first-order valence-corrected chi connectivity index (χ1v) is 6.31. The summed E-state index contributed by atoms with van der Waals surface area (Å²) in [6, 6.07) is 6.23. The van der Waals surface area contributed by atoms with Gasteiger partial charge in [-0.1, -0.05) is 12.1 Å². The van der Waals surface area contributed by atoms with Crippen LogP contribution in [0.1, 0.15) is 0 Å². The van der Waals surface area contributed by atoms with Gasteiger partial charge in [0.2, 0.25) is 5.91 Å². The van der Waals surface area contributed by atoms with E-state index in [1.165, 1.54) is 12.1 Å². The molecule has 21 heavy (non-hydrogen) atoms. The predicted molar refractivity (Wildman–Crippen MR) is 74.4 cm³/mol. The van der Waals surface area contributed by atoms with Crippen LogP contribution in [0.5, 0.6) is 0 Å². The molecular weight excluding hydrogens is 287 g/mol. The van der Waals surface area contributed by atoms with E-state index in [4.69, 9.17) is 4.74 Å². The van der Waals surface area contributed by atoms with Crippen molar-refractivity contribution in [3.63, 3.8) is 0 Å². The third-order valence-corrected chi connectivity index (χ3v) is 2.45. The van der Waals surface area contributed by atoms with Crippen LogP contribution in [0.2, 0.25) is 0 Å². The second-order valence-corrected chi connectivity index (χ2v) is 4.23. The monoisotopic (exact) mass is 305 g/mol. The maximum Gasteiger partial charge on any atom is 0.405 e. The quantitative estimate of drug-likeness (QED) is 0.641. The minimum atomic E-state index is -4.32. The van der Waals surface area contributed by atoms with Gasteiger partial charge < -0.3 is 20.7 Å². The normalized spacial score (nSPS) is 11.2. The lowest BCUT2D eigenvalue weighted by molar-refractivity contribution is -0.115. The van der Waals surface area contributed by atoms with Crippen LogP contribution < -0.4 is 16.0 Å². The Labute approximate surface area is 120 Å². The minimum absolute atomic E-state index is 0.0525. The molecule has 1 amide bonds. The SMILES string of the molecule is COCCNCC(=O)Nc1ccccc1NCC(F)(F)F. The van der Waals surface area contributed by atoms with Crippen LogP contribution in [0.25, 0.3) is 0 Å². The predicted octanol–water partition coefficient (Wildman–Crippen LogP) is 1.84. The minimum Gasteiger partial charge on any atom is -0.383 e. The molecule has 8 heteroatoms. The lowest BCUT2D eigenvalue weighted by Gasteiger charge is -2.14. The highest BCUT2D eigenvalue weighted by Crippen LogP contribution is 2.23. The third kappa shape index (κ3) is 7.52. The molecule has 0 radical (unpaired) electrons. The van der Waals surface area contributed by atoms with E-state index in [0.29, 0.717) is 18.8 Å². The van der Waals surface area contributed by atoms with Gasteiger partial charge in [-0.2, -0.15) is 13.2 Å². The van der Waals surface area contributed by atoms with Crippen LogP contribution in [0.4, 0.5) is 24.5 Å². The van der Waals surface area contributed by atoms with Gasteiger partial charge in [0.05, 0.1) is 24.5 Å². The van der Waals surface area contributed by atoms with Gasteiger partial charge in [-0.25, -0.2) is 0 Å². The molecule has 0 saturated heterocycles. The van der Waals surface area contributed by atoms with Crippen LogP contribution in [-0.2, 0) is 9.53 Å². The van der Waals surface area contributed by atoms with Crippen molar-refractivity contribution in [1.82, 2.24) is 5.32 Å². The van der Waals surface area contributed by atoms with Crippen LogP contribution in [-0.4, -0.2) is 45.4 Å². The summed E-state index contributed by atoms with van der Waals surface area (Å²) < 4.78 is 41.4. The van der Waals surface area contributed by atoms with Crippen molar-refractivity contribution in [1.29, 1.82) is 0 Å². The van der Waals surface area contributed by atoms with Crippen molar-refractivity contribution in [3.8, 4) is 0 Å². The Morgan fingerprint density at radius 2 is 1.90 bits per heavy atom. The van der Waals surface area contributed by atoms with Crippen molar-refractivity contribution in [2.45, 2.75) is 6.18 Å². The number of carbonyl (C=O) groups is 1. The largest absolute Gasteiger partial charge is 0.405 e. The van der Waals surface area contributed by atoms with Gasteiger partial charge in [-0.15, -0.1) is 0 Å². The lowest BCUT2D eigenvalue weighted by Crippen LogP contribution is -2.30. The molecule has 0 unspecified atom stereocenters. The summed E-state index contributed by atoms with van der Waals surface area (Å²) in [6.07, 6.45) is -4.32. The molecule has 0 bridgehead atoms. The number of para-hydroxylation sites is 2. The van der Waals surface area contributed by atoms with Crippen LogP contribution in [0.15, 0.2) is 24.3 Å². The number of rotatable bonds is 8. The Kier molecular flexibility index (Phi) is 6.97. The van der Waals surface area contributed by atoms with Crippen molar-refractivity contribution in [2.75, 3.05) is 44.0 Å². The molecule has 1 aromatic carbocycles. The number of nitrogens with one attached hydrogen (secondary N) is 3. The number of methoxy groups -OCH3 is 1. The number of hydrogen-bond donors (Lipinski definition) is 3. The van der Waals surface area contributed by atoms with Gasteiger partial charge in [0, 0.05) is 13.7 Å². The topological polar surface area (TPSA) is 62.4 Å². The molecule has 1 rings (SSSR count). The average Bonchev–Trinajstić information content (AvgIpc) is 2.42. The van der Waals surface area contributed by atoms with Gasteiger partial charge in [0.25, 0.3) is 0 Å². The van der Waals surface area contributed by atoms with E-state index in [2.05, 4.69) is 16.0 Å². The highest BCUT2D eigenvalue weighted by atomic mass is 19.4. The Bertz CT molecular complexity index is 453. The Morgan fingerprint density at radius 3 is 2.52 bits per heavy atom. The van der Waals surface area contributed by atoms with E-state index in [-0.39, 0.29) is 18.1 Å². The third-order valence-electron chi connectivity index (χ3n) is 2.45. The van der Waals surface area contributed by atoms with Crippen molar-refractivity contribution < 1.29 is 22.7 Å². The number of benzene rings is 1. The molecule has 0 atom stereocenters. The number of hydrogen-bond acceptors (Lipinski definition) is 4. The molecule has 118 valence electrons. The fraction of sp³-hybridized carbons (Fsp3) is 0.462. The van der Waals surface area contributed by atoms with E-state index < -0.39 is 12.7 Å². The molecule has 0 aliphatic carbocycles. The molecule has 0 aromatic heterocycles. The van der Waals surface area contributed by atoms with E-state index >= 15 is 0 Å². The number of alkyl halides is 3. The Hall–Kier alpha value is -1.80. The summed E-state index contributed by atoms with van der Waals surface area (Å²) in [5.74, 6) is -0.340. The molecule has 3 N–H and O–H groups in total. The van der Waals surface area contributed by atoms with Crippen molar-refractivity contribution in [2.24, 2.45) is 0 Å². The molecule has 1 aromatic rings. The molecule has 0 aliphatic rings. The molecule has 0 heterocycles. The summed E-state index contributed by atoms with van der Waals surface area (Å²) in [4.78, 5) is 11.7. The van der Waals surface area contributed by atoms with Gasteiger partial charge >= 0.3 is 6.18 Å². The van der Waals surface area contributed by atoms with E-state index in [1.807, 2.05) is 0 Å². The fourth-order valence-electron chi connectivity index (χ4n) is 1.51. The van der Waals surface area contributed by atoms with Crippen LogP contribution >= 0.6 is 0 Å². The second kappa shape index (κ2) is 8.48. The smallest absolute Gasteiger partial charge is 0.383 e. The molecule has 0 saturated carbocycles. The maximum absolute atomic E-state index is 12.2. The van der Waals surface area contributed by atoms with Crippen LogP contribution in [0.3, 0.4) is 0 Å². The Morgan fingerprint density at radius 1 is 1.24 bits per heavy atom. The summed E-state index contributed by atoms with van der Waals surface area (Å²) in [6.45, 7) is -0.127. The first-order valence-electron chi connectivity index (χ1n) is 6.31. The highest BCUT2D eigenvalue weighted by Gasteiger charge is 2.26. The number of amides is 1. The maximum atomic E-state index is 12.2. The zero-order chi connectivity index (χ0) is 15.7. The standard InChI is InChI=1S/C13H18F3N3O2/c1-21-7-6-17-8-12(20)19-11-5-3-2-4-10(11)18-9-13(14,15)16/h2-5,17-18H,6-9H2,1H3,(H,19,20). The molecule has 0 fully saturated rings. The molecule has 5 nitrogen and oxygen atoms in total. The molecule has 0 aliphatic heterocycles. The van der Waals surface area contributed by atoms with Gasteiger partial charge in [0.15, 0.2) is 0 Å². The lowest BCUT2D eigenvalue weighted by atomic mass is 10.2. The summed E-state index contributed by atoms with van der Waals surface area (Å²) >= 11 is 0. The summed E-state index contributed by atoms with van der Waals surface area (Å²) in [5, 5.41) is 7.65. The van der Waals surface area contributed by atoms with Crippen molar-refractivity contribution in [3.05, 3.63) is 24.3 Å². The Balaban J connectivity index is 2.52. The fourth-order valence-corrected chi connectivity index (χ4v) is 1.51. The number of carbonyl (C=O) groups excluding carboxylic acids is 1. The van der Waals surface area contributed by atoms with Gasteiger partial charge in [0.1, 0.15) is 6.54 Å². The number of halogens is 3. The second-order valence-electron chi connectivity index (χ2n) is 4.23. The molecular formula is C13H18F3N3O2. The summed E-state index contributed by atoms with van der Waals surface area (Å²) in [7, 11) is 1.55. The first kappa shape index (κ1) is 17.3. The highest BCUT2D eigenvalue weighted by molar-refractivity contribution is 5.95. The van der Waals surface area contributed by atoms with Crippen LogP contribution in [0, 0.1) is 0 Å². The summed E-state index contributed by atoms with van der Waals surface area (Å²) in [5.41, 5.74) is 0.528. The number of anilines is 2. The molecule has 0 spiro atoms.